The van der Waals surface area contributed by atoms with Gasteiger partial charge in [-0.3, -0.25) is 4.79 Å². The fraction of sp³-hybridized carbons (Fsp3) is 0.318. The highest BCUT2D eigenvalue weighted by atomic mass is 16.6. The highest BCUT2D eigenvalue weighted by Crippen LogP contribution is 2.38. The molecule has 30 heavy (non-hydrogen) atoms. The molecule has 4 heterocycles. The third kappa shape index (κ3) is 2.88. The zero-order valence-corrected chi connectivity index (χ0v) is 16.7. The first-order valence-corrected chi connectivity index (χ1v) is 9.74. The summed E-state index contributed by atoms with van der Waals surface area (Å²) in [5.41, 5.74) is 1.25. The molecule has 3 aromatic rings. The van der Waals surface area contributed by atoms with E-state index in [1.54, 1.807) is 42.7 Å². The lowest BCUT2D eigenvalue weighted by molar-refractivity contribution is -0.172. The monoisotopic (exact) mass is 410 g/mol. The van der Waals surface area contributed by atoms with Gasteiger partial charge in [0.05, 0.1) is 29.0 Å². The molecule has 0 spiro atoms. The Morgan fingerprint density at radius 2 is 1.93 bits per heavy atom. The number of aromatic nitrogens is 2. The standard InChI is InChI=1S/C20H16N2O5.C2H6O/c1-2-20(26)14-7-16-17-11(5-10-6-12(23)3-4-15(10)21-17)8-22(16)18(24)13(14)9-27-19(20)25;1-2-3/h3-7,23,26H,2,8-9H2,1H3;3H,2H2,1H3. The van der Waals surface area contributed by atoms with Gasteiger partial charge < -0.3 is 24.6 Å². The van der Waals surface area contributed by atoms with E-state index in [4.69, 9.17) is 9.84 Å². The molecule has 0 bridgehead atoms. The van der Waals surface area contributed by atoms with E-state index in [1.165, 1.54) is 0 Å². The molecule has 1 atom stereocenters. The van der Waals surface area contributed by atoms with Crippen molar-refractivity contribution in [3.05, 3.63) is 57.4 Å². The second-order valence-corrected chi connectivity index (χ2v) is 7.29. The molecule has 1 aromatic carbocycles. The number of pyridine rings is 2. The largest absolute Gasteiger partial charge is 0.508 e. The van der Waals surface area contributed by atoms with Gasteiger partial charge in [-0.25, -0.2) is 9.78 Å². The lowest BCUT2D eigenvalue weighted by atomic mass is 9.86. The van der Waals surface area contributed by atoms with Gasteiger partial charge in [-0.15, -0.1) is 0 Å². The number of phenols is 1. The van der Waals surface area contributed by atoms with Gasteiger partial charge in [0.1, 0.15) is 12.4 Å². The van der Waals surface area contributed by atoms with Crippen LogP contribution >= 0.6 is 0 Å². The van der Waals surface area contributed by atoms with Crippen molar-refractivity contribution in [2.75, 3.05) is 6.61 Å². The summed E-state index contributed by atoms with van der Waals surface area (Å²) in [4.78, 5) is 29.8. The molecule has 8 heteroatoms. The summed E-state index contributed by atoms with van der Waals surface area (Å²) >= 11 is 0. The van der Waals surface area contributed by atoms with Crippen LogP contribution in [0.1, 0.15) is 37.0 Å². The van der Waals surface area contributed by atoms with E-state index < -0.39 is 11.6 Å². The van der Waals surface area contributed by atoms with Gasteiger partial charge in [-0.1, -0.05) is 6.92 Å². The number of aromatic hydroxyl groups is 1. The van der Waals surface area contributed by atoms with Gasteiger partial charge in [-0.2, -0.15) is 0 Å². The molecule has 156 valence electrons. The normalized spacial score (nSPS) is 18.7. The number of benzene rings is 1. The SMILES string of the molecule is CCC1(O)C(=O)OCc2c1cc1n(c2=O)Cc2cc3cc(O)ccc3nc2-1.CCO. The molecule has 0 saturated carbocycles. The quantitative estimate of drug-likeness (QED) is 0.409. The number of hydrogen-bond acceptors (Lipinski definition) is 7. The van der Waals surface area contributed by atoms with Crippen LogP contribution in [0, 0.1) is 0 Å². The van der Waals surface area contributed by atoms with E-state index >= 15 is 0 Å². The van der Waals surface area contributed by atoms with Crippen LogP contribution < -0.4 is 5.56 Å². The Morgan fingerprint density at radius 1 is 1.20 bits per heavy atom. The number of fused-ring (bicyclic) bond motifs is 5. The molecule has 1 unspecified atom stereocenters. The number of aliphatic hydroxyl groups is 2. The first kappa shape index (κ1) is 20.1. The number of nitrogens with zero attached hydrogens (tertiary/aromatic N) is 2. The van der Waals surface area contributed by atoms with E-state index in [1.807, 2.05) is 6.07 Å². The Hall–Kier alpha value is -3.23. The summed E-state index contributed by atoms with van der Waals surface area (Å²) in [6, 6.07) is 8.48. The van der Waals surface area contributed by atoms with Crippen LogP contribution in [0.3, 0.4) is 0 Å². The Labute approximate surface area is 172 Å². The smallest absolute Gasteiger partial charge is 0.343 e. The average molecular weight is 410 g/mol. The van der Waals surface area contributed by atoms with Gasteiger partial charge in [0.25, 0.3) is 5.56 Å². The summed E-state index contributed by atoms with van der Waals surface area (Å²) in [5.74, 6) is -0.585. The number of ether oxygens (including phenoxy) is 1. The average Bonchev–Trinajstić information content (AvgIpc) is 3.08. The van der Waals surface area contributed by atoms with Gasteiger partial charge >= 0.3 is 5.97 Å². The Bertz CT molecular complexity index is 1230. The zero-order valence-electron chi connectivity index (χ0n) is 16.7. The van der Waals surface area contributed by atoms with E-state index in [-0.39, 0.29) is 30.9 Å². The first-order chi connectivity index (χ1) is 14.3. The lowest BCUT2D eigenvalue weighted by Crippen LogP contribution is -2.44. The summed E-state index contributed by atoms with van der Waals surface area (Å²) in [5, 5.41) is 28.9. The highest BCUT2D eigenvalue weighted by Gasteiger charge is 2.45. The Balaban J connectivity index is 0.000000687. The molecule has 0 aliphatic carbocycles. The number of carbonyl (C=O) groups is 1. The maximum atomic E-state index is 13.0. The number of esters is 1. The van der Waals surface area contributed by atoms with E-state index in [0.29, 0.717) is 34.6 Å². The Kier molecular flexibility index (Phi) is 4.83. The zero-order chi connectivity index (χ0) is 21.6. The number of phenolic OH excluding ortho intramolecular Hbond substituents is 1. The number of rotatable bonds is 1. The number of aliphatic hydroxyl groups excluding tert-OH is 1. The summed E-state index contributed by atoms with van der Waals surface area (Å²) in [6.07, 6.45) is 0.110. The van der Waals surface area contributed by atoms with Crippen molar-refractivity contribution in [1.82, 2.24) is 9.55 Å². The molecule has 0 radical (unpaired) electrons. The maximum absolute atomic E-state index is 13.0. The van der Waals surface area contributed by atoms with Crippen molar-refractivity contribution in [2.45, 2.75) is 39.0 Å². The fourth-order valence-electron chi connectivity index (χ4n) is 3.97. The van der Waals surface area contributed by atoms with E-state index in [0.717, 1.165) is 10.9 Å². The number of hydrogen-bond donors (Lipinski definition) is 3. The molecule has 5 rings (SSSR count). The van der Waals surface area contributed by atoms with Gasteiger partial charge in [0.15, 0.2) is 5.60 Å². The first-order valence-electron chi connectivity index (χ1n) is 9.74. The maximum Gasteiger partial charge on any atom is 0.343 e. The third-order valence-electron chi connectivity index (χ3n) is 5.49. The topological polar surface area (TPSA) is 122 Å². The van der Waals surface area contributed by atoms with Crippen LogP contribution in [-0.4, -0.2) is 37.4 Å². The van der Waals surface area contributed by atoms with Crippen molar-refractivity contribution >= 4 is 16.9 Å². The van der Waals surface area contributed by atoms with Crippen molar-refractivity contribution < 1.29 is 24.9 Å². The van der Waals surface area contributed by atoms with Gasteiger partial charge in [0, 0.05) is 23.1 Å². The minimum absolute atomic E-state index is 0.110. The van der Waals surface area contributed by atoms with Crippen LogP contribution in [-0.2, 0) is 28.3 Å². The second-order valence-electron chi connectivity index (χ2n) is 7.29. The summed E-state index contributed by atoms with van der Waals surface area (Å²) in [6.45, 7) is 3.80. The van der Waals surface area contributed by atoms with E-state index in [2.05, 4.69) is 4.98 Å². The minimum Gasteiger partial charge on any atom is -0.508 e. The molecule has 2 aliphatic rings. The molecule has 2 aromatic heterocycles. The van der Waals surface area contributed by atoms with Crippen molar-refractivity contribution in [3.8, 4) is 17.1 Å². The molecule has 3 N–H and O–H groups in total. The molecule has 0 fully saturated rings. The minimum atomic E-state index is -1.83. The highest BCUT2D eigenvalue weighted by molar-refractivity contribution is 5.86. The molecular formula is C22H22N2O6. The van der Waals surface area contributed by atoms with Crippen LogP contribution in [0.25, 0.3) is 22.3 Å². The van der Waals surface area contributed by atoms with Crippen LogP contribution in [0.5, 0.6) is 5.75 Å². The summed E-state index contributed by atoms with van der Waals surface area (Å²) in [7, 11) is 0. The molecule has 2 aliphatic heterocycles. The van der Waals surface area contributed by atoms with Crippen LogP contribution in [0.15, 0.2) is 35.1 Å². The predicted octanol–water partition coefficient (Wildman–Crippen LogP) is 1.78. The number of carbonyl (C=O) groups excluding carboxylic acids is 1. The fourth-order valence-corrected chi connectivity index (χ4v) is 3.97. The van der Waals surface area contributed by atoms with Crippen molar-refractivity contribution in [1.29, 1.82) is 0 Å². The van der Waals surface area contributed by atoms with Crippen LogP contribution in [0.2, 0.25) is 0 Å². The van der Waals surface area contributed by atoms with Gasteiger partial charge in [0.2, 0.25) is 0 Å². The van der Waals surface area contributed by atoms with Crippen molar-refractivity contribution in [3.63, 3.8) is 0 Å². The van der Waals surface area contributed by atoms with E-state index in [9.17, 15) is 19.8 Å². The third-order valence-corrected chi connectivity index (χ3v) is 5.49. The van der Waals surface area contributed by atoms with Crippen LogP contribution in [0.4, 0.5) is 0 Å². The van der Waals surface area contributed by atoms with Gasteiger partial charge in [-0.05, 0) is 43.7 Å². The van der Waals surface area contributed by atoms with Crippen molar-refractivity contribution in [2.24, 2.45) is 0 Å². The molecule has 0 saturated heterocycles. The summed E-state index contributed by atoms with van der Waals surface area (Å²) < 4.78 is 6.65. The predicted molar refractivity (Wildman–Crippen MR) is 109 cm³/mol. The second kappa shape index (κ2) is 7.23. The number of cyclic esters (lactones) is 1. The Morgan fingerprint density at radius 3 is 2.63 bits per heavy atom. The lowest BCUT2D eigenvalue weighted by Gasteiger charge is -2.31. The molecule has 0 amide bonds. The molecule has 8 nitrogen and oxygen atoms in total. The molecular weight excluding hydrogens is 388 g/mol.